The number of likely N-dealkylation sites (tertiary alicyclic amines) is 1. The van der Waals surface area contributed by atoms with Gasteiger partial charge in [0.25, 0.3) is 5.91 Å². The molecule has 2 amide bonds. The first-order valence-corrected chi connectivity index (χ1v) is 10.5. The van der Waals surface area contributed by atoms with Crippen LogP contribution >= 0.6 is 0 Å². The Labute approximate surface area is 179 Å². The third-order valence-corrected chi connectivity index (χ3v) is 6.01. The summed E-state index contributed by atoms with van der Waals surface area (Å²) in [5, 5.41) is 0. The van der Waals surface area contributed by atoms with Crippen LogP contribution in [0.15, 0.2) is 42.5 Å². The summed E-state index contributed by atoms with van der Waals surface area (Å²) in [4.78, 5) is 31.0. The zero-order valence-electron chi connectivity index (χ0n) is 17.1. The van der Waals surface area contributed by atoms with Gasteiger partial charge in [-0.1, -0.05) is 12.1 Å². The van der Waals surface area contributed by atoms with Crippen LogP contribution in [-0.4, -0.2) is 60.9 Å². The van der Waals surface area contributed by atoms with Crippen molar-refractivity contribution in [2.75, 3.05) is 44.2 Å². The smallest absolute Gasteiger partial charge is 0.253 e. The summed E-state index contributed by atoms with van der Waals surface area (Å²) in [7, 11) is 0. The molecule has 0 aliphatic carbocycles. The van der Waals surface area contributed by atoms with E-state index >= 15 is 0 Å². The van der Waals surface area contributed by atoms with Crippen molar-refractivity contribution >= 4 is 17.5 Å². The fraction of sp³-hybridized carbons (Fsp3) is 0.391. The van der Waals surface area contributed by atoms with Crippen molar-refractivity contribution in [2.45, 2.75) is 12.8 Å². The summed E-state index contributed by atoms with van der Waals surface area (Å²) in [5.74, 6) is -3.10. The van der Waals surface area contributed by atoms with Gasteiger partial charge < -0.3 is 14.7 Å². The van der Waals surface area contributed by atoms with Crippen molar-refractivity contribution in [3.8, 4) is 0 Å². The quantitative estimate of drug-likeness (QED) is 0.749. The van der Waals surface area contributed by atoms with Crippen molar-refractivity contribution in [1.82, 2.24) is 9.80 Å². The lowest BCUT2D eigenvalue weighted by Crippen LogP contribution is -2.53. The lowest BCUT2D eigenvalue weighted by Gasteiger charge is -2.39. The molecule has 0 radical (unpaired) electrons. The molecule has 8 heteroatoms. The van der Waals surface area contributed by atoms with Crippen LogP contribution in [0.2, 0.25) is 0 Å². The molecule has 2 aliphatic heterocycles. The molecule has 0 bridgehead atoms. The molecule has 2 saturated heterocycles. The van der Waals surface area contributed by atoms with Crippen molar-refractivity contribution < 1.29 is 22.8 Å². The fourth-order valence-electron chi connectivity index (χ4n) is 4.31. The Bertz CT molecular complexity index is 976. The Kier molecular flexibility index (Phi) is 6.15. The molecule has 31 heavy (non-hydrogen) atoms. The Morgan fingerprint density at radius 3 is 2.26 bits per heavy atom. The van der Waals surface area contributed by atoms with E-state index in [2.05, 4.69) is 0 Å². The van der Waals surface area contributed by atoms with E-state index in [0.29, 0.717) is 51.3 Å². The zero-order valence-corrected chi connectivity index (χ0v) is 17.1. The zero-order chi connectivity index (χ0) is 22.0. The number of carbonyl (C=O) groups is 2. The summed E-state index contributed by atoms with van der Waals surface area (Å²) in [6.07, 6.45) is 1.34. The van der Waals surface area contributed by atoms with E-state index in [1.807, 2.05) is 4.90 Å². The van der Waals surface area contributed by atoms with Gasteiger partial charge in [-0.05, 0) is 43.2 Å². The largest absolute Gasteiger partial charge is 0.366 e. The lowest BCUT2D eigenvalue weighted by molar-refractivity contribution is -0.137. The second-order valence-corrected chi connectivity index (χ2v) is 7.98. The summed E-state index contributed by atoms with van der Waals surface area (Å²) >= 11 is 0. The van der Waals surface area contributed by atoms with Gasteiger partial charge in [0.05, 0.1) is 11.6 Å². The molecule has 2 heterocycles. The first-order chi connectivity index (χ1) is 14.9. The second-order valence-electron chi connectivity index (χ2n) is 7.98. The first-order valence-electron chi connectivity index (χ1n) is 10.5. The molecule has 2 fully saturated rings. The molecule has 5 nitrogen and oxygen atoms in total. The van der Waals surface area contributed by atoms with E-state index < -0.39 is 17.5 Å². The van der Waals surface area contributed by atoms with Crippen LogP contribution in [0.4, 0.5) is 18.9 Å². The van der Waals surface area contributed by atoms with E-state index in [9.17, 15) is 22.8 Å². The summed E-state index contributed by atoms with van der Waals surface area (Å²) in [5.41, 5.74) is 0.612. The number of anilines is 1. The van der Waals surface area contributed by atoms with Gasteiger partial charge >= 0.3 is 0 Å². The predicted molar refractivity (Wildman–Crippen MR) is 110 cm³/mol. The Hall–Kier alpha value is -3.03. The summed E-state index contributed by atoms with van der Waals surface area (Å²) < 4.78 is 40.7. The van der Waals surface area contributed by atoms with Crippen LogP contribution in [0, 0.1) is 23.4 Å². The molecule has 1 unspecified atom stereocenters. The number of piperidine rings is 1. The van der Waals surface area contributed by atoms with Crippen LogP contribution in [0.5, 0.6) is 0 Å². The van der Waals surface area contributed by atoms with Gasteiger partial charge in [0.2, 0.25) is 5.91 Å². The number of amides is 2. The monoisotopic (exact) mass is 431 g/mol. The Morgan fingerprint density at radius 2 is 1.55 bits per heavy atom. The molecule has 1 atom stereocenters. The molecule has 2 aromatic rings. The van der Waals surface area contributed by atoms with Crippen molar-refractivity contribution in [2.24, 2.45) is 5.92 Å². The predicted octanol–water partition coefficient (Wildman–Crippen LogP) is 3.30. The van der Waals surface area contributed by atoms with Crippen LogP contribution in [0.25, 0.3) is 0 Å². The van der Waals surface area contributed by atoms with Gasteiger partial charge in [-0.2, -0.15) is 0 Å². The normalized spacial score (nSPS) is 19.5. The number of para-hydroxylation sites is 1. The minimum absolute atomic E-state index is 0.0176. The maximum absolute atomic E-state index is 14.0. The third kappa shape index (κ3) is 4.52. The SMILES string of the molecule is O=C(c1ccc(F)c(F)c1)N1CCCC(C(=O)N2CCN(c3ccccc3F)CC2)C1. The molecule has 164 valence electrons. The number of nitrogens with zero attached hydrogens (tertiary/aromatic N) is 3. The molecular weight excluding hydrogens is 407 g/mol. The standard InChI is InChI=1S/C23H24F3N3O2/c24-18-8-7-16(14-20(18)26)22(30)29-9-3-4-17(15-29)23(31)28-12-10-27(11-13-28)21-6-2-1-5-19(21)25/h1-2,5-8,14,17H,3-4,9-13,15H2. The Balaban J connectivity index is 1.36. The molecule has 4 rings (SSSR count). The number of hydrogen-bond donors (Lipinski definition) is 0. The molecule has 0 aromatic heterocycles. The summed E-state index contributed by atoms with van der Waals surface area (Å²) in [6.45, 7) is 2.78. The highest BCUT2D eigenvalue weighted by Gasteiger charge is 2.33. The Morgan fingerprint density at radius 1 is 0.806 bits per heavy atom. The molecule has 0 spiro atoms. The van der Waals surface area contributed by atoms with Crippen molar-refractivity contribution in [3.05, 3.63) is 65.5 Å². The molecular formula is C23H24F3N3O2. The fourth-order valence-corrected chi connectivity index (χ4v) is 4.31. The minimum atomic E-state index is -1.07. The van der Waals surface area contributed by atoms with Crippen molar-refractivity contribution in [1.29, 1.82) is 0 Å². The van der Waals surface area contributed by atoms with E-state index in [4.69, 9.17) is 0 Å². The molecule has 2 aliphatic rings. The maximum Gasteiger partial charge on any atom is 0.253 e. The van der Waals surface area contributed by atoms with Gasteiger partial charge in [-0.15, -0.1) is 0 Å². The van der Waals surface area contributed by atoms with Gasteiger partial charge in [0.15, 0.2) is 11.6 Å². The van der Waals surface area contributed by atoms with E-state index in [1.165, 1.54) is 17.0 Å². The number of halogens is 3. The maximum atomic E-state index is 14.0. The molecule has 0 N–H and O–H groups in total. The molecule has 0 saturated carbocycles. The topological polar surface area (TPSA) is 43.9 Å². The highest BCUT2D eigenvalue weighted by molar-refractivity contribution is 5.94. The summed E-state index contributed by atoms with van der Waals surface area (Å²) in [6, 6.07) is 9.68. The van der Waals surface area contributed by atoms with Crippen LogP contribution in [0.1, 0.15) is 23.2 Å². The van der Waals surface area contributed by atoms with E-state index in [1.54, 1.807) is 23.1 Å². The average Bonchev–Trinajstić information content (AvgIpc) is 2.80. The van der Waals surface area contributed by atoms with Crippen LogP contribution in [-0.2, 0) is 4.79 Å². The number of hydrogen-bond acceptors (Lipinski definition) is 3. The van der Waals surface area contributed by atoms with Crippen LogP contribution in [0.3, 0.4) is 0 Å². The van der Waals surface area contributed by atoms with Gasteiger partial charge in [0.1, 0.15) is 5.82 Å². The number of carbonyl (C=O) groups excluding carboxylic acids is 2. The van der Waals surface area contributed by atoms with Crippen LogP contribution < -0.4 is 4.90 Å². The number of benzene rings is 2. The number of rotatable bonds is 3. The number of piperazine rings is 1. The van der Waals surface area contributed by atoms with Gasteiger partial charge in [-0.3, -0.25) is 9.59 Å². The highest BCUT2D eigenvalue weighted by Crippen LogP contribution is 2.24. The minimum Gasteiger partial charge on any atom is -0.366 e. The molecule has 2 aromatic carbocycles. The first kappa shape index (κ1) is 21.2. The average molecular weight is 431 g/mol. The second kappa shape index (κ2) is 8.99. The third-order valence-electron chi connectivity index (χ3n) is 6.01. The van der Waals surface area contributed by atoms with E-state index in [0.717, 1.165) is 12.1 Å². The lowest BCUT2D eigenvalue weighted by atomic mass is 9.95. The van der Waals surface area contributed by atoms with E-state index in [-0.39, 0.29) is 29.8 Å². The van der Waals surface area contributed by atoms with Crippen molar-refractivity contribution in [3.63, 3.8) is 0 Å². The van der Waals surface area contributed by atoms with Gasteiger partial charge in [0, 0.05) is 44.8 Å². The van der Waals surface area contributed by atoms with Gasteiger partial charge in [-0.25, -0.2) is 13.2 Å². The highest BCUT2D eigenvalue weighted by atomic mass is 19.2.